The normalized spacial score (nSPS) is 38.5. The van der Waals surface area contributed by atoms with Gasteiger partial charge >= 0.3 is 0 Å². The summed E-state index contributed by atoms with van der Waals surface area (Å²) >= 11 is 0. The molecule has 3 N–H and O–H groups in total. The van der Waals surface area contributed by atoms with E-state index in [4.69, 9.17) is 5.73 Å². The van der Waals surface area contributed by atoms with Crippen LogP contribution in [-0.2, 0) is 0 Å². The van der Waals surface area contributed by atoms with Gasteiger partial charge in [0, 0.05) is 25.7 Å². The minimum absolute atomic E-state index is 0.398. The molecule has 70 valence electrons. The van der Waals surface area contributed by atoms with Crippen LogP contribution in [0.15, 0.2) is 0 Å². The average molecular weight is 169 g/mol. The van der Waals surface area contributed by atoms with E-state index in [0.717, 1.165) is 12.6 Å². The first kappa shape index (κ1) is 8.48. The van der Waals surface area contributed by atoms with Crippen LogP contribution < -0.4 is 11.1 Å². The van der Waals surface area contributed by atoms with E-state index >= 15 is 0 Å². The third-order valence-corrected chi connectivity index (χ3v) is 3.36. The van der Waals surface area contributed by atoms with Gasteiger partial charge in [-0.2, -0.15) is 0 Å². The number of hydrogen-bond acceptors (Lipinski definition) is 3. The first-order valence-electron chi connectivity index (χ1n) is 4.88. The number of likely N-dealkylation sites (tertiary alicyclic amines) is 1. The van der Waals surface area contributed by atoms with Gasteiger partial charge in [-0.3, -0.25) is 4.90 Å². The van der Waals surface area contributed by atoms with Crippen LogP contribution in [0.25, 0.3) is 0 Å². The molecule has 3 nitrogen and oxygen atoms in total. The Morgan fingerprint density at radius 2 is 2.33 bits per heavy atom. The second kappa shape index (κ2) is 2.98. The maximum atomic E-state index is 5.75. The second-order valence-electron chi connectivity index (χ2n) is 4.55. The lowest BCUT2D eigenvalue weighted by Gasteiger charge is -2.36. The number of hydrogen-bond donors (Lipinski definition) is 2. The molecule has 3 heteroatoms. The molecule has 2 saturated heterocycles. The molecule has 0 amide bonds. The Balaban J connectivity index is 1.88. The summed E-state index contributed by atoms with van der Waals surface area (Å²) in [5, 5.41) is 3.31. The molecule has 0 aliphatic carbocycles. The SMILES string of the molecule is CC1(CN)CCN(C2CNC2)C1. The van der Waals surface area contributed by atoms with E-state index in [0.29, 0.717) is 5.41 Å². The molecule has 0 saturated carbocycles. The average Bonchev–Trinajstić information content (AvgIpc) is 2.31. The molecule has 0 aromatic rings. The fourth-order valence-electron chi connectivity index (χ4n) is 2.07. The lowest BCUT2D eigenvalue weighted by atomic mass is 9.90. The van der Waals surface area contributed by atoms with Gasteiger partial charge in [0.05, 0.1) is 0 Å². The Morgan fingerprint density at radius 1 is 1.58 bits per heavy atom. The zero-order chi connectivity index (χ0) is 8.60. The van der Waals surface area contributed by atoms with Crippen LogP contribution in [0.3, 0.4) is 0 Å². The van der Waals surface area contributed by atoms with Crippen molar-refractivity contribution in [2.75, 3.05) is 32.7 Å². The van der Waals surface area contributed by atoms with E-state index in [1.807, 2.05) is 0 Å². The van der Waals surface area contributed by atoms with Crippen LogP contribution in [0, 0.1) is 5.41 Å². The van der Waals surface area contributed by atoms with Crippen LogP contribution in [0.2, 0.25) is 0 Å². The predicted molar refractivity (Wildman–Crippen MR) is 50.0 cm³/mol. The van der Waals surface area contributed by atoms with Crippen LogP contribution >= 0.6 is 0 Å². The van der Waals surface area contributed by atoms with Crippen molar-refractivity contribution in [2.45, 2.75) is 19.4 Å². The van der Waals surface area contributed by atoms with E-state index < -0.39 is 0 Å². The van der Waals surface area contributed by atoms with Gasteiger partial charge in [-0.25, -0.2) is 0 Å². The highest BCUT2D eigenvalue weighted by atomic mass is 15.3. The summed E-state index contributed by atoms with van der Waals surface area (Å²) in [6, 6.07) is 0.804. The van der Waals surface area contributed by atoms with Crippen molar-refractivity contribution in [2.24, 2.45) is 11.1 Å². The molecule has 2 fully saturated rings. The van der Waals surface area contributed by atoms with Gasteiger partial charge < -0.3 is 11.1 Å². The molecule has 12 heavy (non-hydrogen) atoms. The van der Waals surface area contributed by atoms with Gasteiger partial charge in [0.25, 0.3) is 0 Å². The number of nitrogens with two attached hydrogens (primary N) is 1. The highest BCUT2D eigenvalue weighted by Crippen LogP contribution is 2.30. The van der Waals surface area contributed by atoms with Gasteiger partial charge in [0.2, 0.25) is 0 Å². The third-order valence-electron chi connectivity index (χ3n) is 3.36. The Bertz CT molecular complexity index is 167. The van der Waals surface area contributed by atoms with E-state index in [2.05, 4.69) is 17.1 Å². The zero-order valence-electron chi connectivity index (χ0n) is 7.84. The monoisotopic (exact) mass is 169 g/mol. The topological polar surface area (TPSA) is 41.3 Å². The van der Waals surface area contributed by atoms with E-state index in [-0.39, 0.29) is 0 Å². The molecule has 0 radical (unpaired) electrons. The van der Waals surface area contributed by atoms with Crippen molar-refractivity contribution in [3.8, 4) is 0 Å². The Hall–Kier alpha value is -0.120. The maximum Gasteiger partial charge on any atom is 0.0345 e. The molecular weight excluding hydrogens is 150 g/mol. The second-order valence-corrected chi connectivity index (χ2v) is 4.55. The van der Waals surface area contributed by atoms with E-state index in [1.54, 1.807) is 0 Å². The highest BCUT2D eigenvalue weighted by Gasteiger charge is 2.37. The summed E-state index contributed by atoms with van der Waals surface area (Å²) in [6.45, 7) is 7.96. The largest absolute Gasteiger partial charge is 0.330 e. The molecule has 0 aromatic carbocycles. The van der Waals surface area contributed by atoms with Gasteiger partial charge in [-0.05, 0) is 24.9 Å². The maximum absolute atomic E-state index is 5.75. The summed E-state index contributed by atoms with van der Waals surface area (Å²) in [7, 11) is 0. The van der Waals surface area contributed by atoms with Crippen molar-refractivity contribution in [3.63, 3.8) is 0 Å². The molecule has 2 heterocycles. The summed E-state index contributed by atoms with van der Waals surface area (Å²) in [4.78, 5) is 2.59. The van der Waals surface area contributed by atoms with Crippen molar-refractivity contribution < 1.29 is 0 Å². The van der Waals surface area contributed by atoms with Crippen molar-refractivity contribution in [1.82, 2.24) is 10.2 Å². The standard InChI is InChI=1S/C9H19N3/c1-9(6-10)2-3-12(7-9)8-4-11-5-8/h8,11H,2-7,10H2,1H3. The van der Waals surface area contributed by atoms with Gasteiger partial charge in [-0.15, -0.1) is 0 Å². The van der Waals surface area contributed by atoms with Crippen LogP contribution in [0.1, 0.15) is 13.3 Å². The van der Waals surface area contributed by atoms with Crippen molar-refractivity contribution >= 4 is 0 Å². The van der Waals surface area contributed by atoms with Gasteiger partial charge in [0.1, 0.15) is 0 Å². The number of rotatable bonds is 2. The number of nitrogens with zero attached hydrogens (tertiary/aromatic N) is 1. The summed E-state index contributed by atoms with van der Waals surface area (Å²) in [5.41, 5.74) is 6.15. The molecule has 2 aliphatic rings. The summed E-state index contributed by atoms with van der Waals surface area (Å²) in [6.07, 6.45) is 1.28. The molecule has 1 unspecified atom stereocenters. The van der Waals surface area contributed by atoms with Crippen molar-refractivity contribution in [3.05, 3.63) is 0 Å². The predicted octanol–water partition coefficient (Wildman–Crippen LogP) is -0.371. The lowest BCUT2D eigenvalue weighted by Crippen LogP contribution is -2.56. The molecular formula is C9H19N3. The Labute approximate surface area is 74.3 Å². The van der Waals surface area contributed by atoms with Crippen LogP contribution in [0.5, 0.6) is 0 Å². The fourth-order valence-corrected chi connectivity index (χ4v) is 2.07. The third kappa shape index (κ3) is 1.37. The first-order chi connectivity index (χ1) is 5.73. The number of nitrogens with one attached hydrogen (secondary N) is 1. The van der Waals surface area contributed by atoms with Crippen LogP contribution in [0.4, 0.5) is 0 Å². The van der Waals surface area contributed by atoms with Gasteiger partial charge in [0.15, 0.2) is 0 Å². The van der Waals surface area contributed by atoms with E-state index in [1.165, 1.54) is 32.6 Å². The zero-order valence-corrected chi connectivity index (χ0v) is 7.84. The molecule has 0 aromatic heterocycles. The Morgan fingerprint density at radius 3 is 2.75 bits per heavy atom. The summed E-state index contributed by atoms with van der Waals surface area (Å²) in [5.74, 6) is 0. The van der Waals surface area contributed by atoms with E-state index in [9.17, 15) is 0 Å². The quantitative estimate of drug-likeness (QED) is 0.592. The minimum Gasteiger partial charge on any atom is -0.330 e. The van der Waals surface area contributed by atoms with Gasteiger partial charge in [-0.1, -0.05) is 6.92 Å². The smallest absolute Gasteiger partial charge is 0.0345 e. The highest BCUT2D eigenvalue weighted by molar-refractivity contribution is 4.94. The lowest BCUT2D eigenvalue weighted by molar-refractivity contribution is 0.161. The summed E-state index contributed by atoms with van der Waals surface area (Å²) < 4.78 is 0. The fraction of sp³-hybridized carbons (Fsp3) is 1.00. The first-order valence-corrected chi connectivity index (χ1v) is 4.88. The molecule has 2 rings (SSSR count). The van der Waals surface area contributed by atoms with Crippen LogP contribution in [-0.4, -0.2) is 43.7 Å². The minimum atomic E-state index is 0.398. The van der Waals surface area contributed by atoms with Crippen molar-refractivity contribution in [1.29, 1.82) is 0 Å². The Kier molecular flexibility index (Phi) is 2.10. The molecule has 2 aliphatic heterocycles. The molecule has 0 spiro atoms. The molecule has 0 bridgehead atoms. The molecule has 1 atom stereocenters.